The largest absolute Gasteiger partial charge is 0.309 e. The van der Waals surface area contributed by atoms with Crippen LogP contribution in [0, 0.1) is 0 Å². The van der Waals surface area contributed by atoms with Crippen molar-refractivity contribution >= 4 is 66.7 Å². The number of benzene rings is 7. The first-order chi connectivity index (χ1) is 22.7. The van der Waals surface area contributed by atoms with E-state index in [-0.39, 0.29) is 0 Å². The lowest BCUT2D eigenvalue weighted by molar-refractivity contribution is 0.592. The summed E-state index contributed by atoms with van der Waals surface area (Å²) in [5, 5.41) is 6.95. The van der Waals surface area contributed by atoms with Gasteiger partial charge in [-0.3, -0.25) is 0 Å². The Bertz CT molecular complexity index is 2440. The van der Waals surface area contributed by atoms with E-state index < -0.39 is 7.14 Å². The molecule has 0 saturated carbocycles. The lowest BCUT2D eigenvalue weighted by Crippen LogP contribution is -2.25. The molecular formula is C42H29N2OP. The van der Waals surface area contributed by atoms with Gasteiger partial charge in [-0.25, -0.2) is 0 Å². The summed E-state index contributed by atoms with van der Waals surface area (Å²) in [5.74, 6) is 0. The number of hydrogen-bond acceptors (Lipinski definition) is 1. The van der Waals surface area contributed by atoms with E-state index in [4.69, 9.17) is 0 Å². The summed E-state index contributed by atoms with van der Waals surface area (Å²) in [4.78, 5) is 0. The molecule has 3 nitrogen and oxygen atoms in total. The first-order valence-electron chi connectivity index (χ1n) is 15.6. The van der Waals surface area contributed by atoms with E-state index in [1.165, 1.54) is 0 Å². The van der Waals surface area contributed by atoms with Crippen LogP contribution in [0.5, 0.6) is 0 Å². The van der Waals surface area contributed by atoms with Crippen LogP contribution in [0.3, 0.4) is 0 Å². The molecule has 0 unspecified atom stereocenters. The molecule has 0 saturated heterocycles. The quantitative estimate of drug-likeness (QED) is 0.179. The van der Waals surface area contributed by atoms with Gasteiger partial charge in [-0.2, -0.15) is 0 Å². The molecule has 0 spiro atoms. The zero-order valence-corrected chi connectivity index (χ0v) is 25.9. The molecule has 0 bridgehead atoms. The van der Waals surface area contributed by atoms with Gasteiger partial charge in [0.05, 0.1) is 22.1 Å². The number of para-hydroxylation sites is 4. The van der Waals surface area contributed by atoms with Gasteiger partial charge in [-0.05, 0) is 72.8 Å². The Balaban J connectivity index is 1.32. The van der Waals surface area contributed by atoms with Crippen molar-refractivity contribution in [3.05, 3.63) is 176 Å². The maximum atomic E-state index is 15.9. The first-order valence-corrected chi connectivity index (χ1v) is 17.3. The van der Waals surface area contributed by atoms with Crippen LogP contribution < -0.4 is 15.9 Å². The fourth-order valence-electron chi connectivity index (χ4n) is 7.11. The van der Waals surface area contributed by atoms with Crippen LogP contribution in [-0.2, 0) is 4.57 Å². The number of rotatable bonds is 5. The highest BCUT2D eigenvalue weighted by Gasteiger charge is 2.31. The Morgan fingerprint density at radius 1 is 0.326 bits per heavy atom. The van der Waals surface area contributed by atoms with Crippen molar-refractivity contribution in [3.63, 3.8) is 0 Å². The highest BCUT2D eigenvalue weighted by atomic mass is 31.2. The van der Waals surface area contributed by atoms with Crippen LogP contribution >= 0.6 is 7.14 Å². The molecule has 0 aliphatic heterocycles. The van der Waals surface area contributed by atoms with Crippen LogP contribution in [-0.4, -0.2) is 9.13 Å². The number of fused-ring (bicyclic) bond motifs is 6. The van der Waals surface area contributed by atoms with Crippen LogP contribution in [0.4, 0.5) is 0 Å². The molecule has 9 aromatic rings. The summed E-state index contributed by atoms with van der Waals surface area (Å²) in [6, 6.07) is 60.6. The van der Waals surface area contributed by atoms with Crippen LogP contribution in [0.25, 0.3) is 55.0 Å². The average molecular weight is 609 g/mol. The van der Waals surface area contributed by atoms with Crippen molar-refractivity contribution in [1.82, 2.24) is 9.13 Å². The molecule has 2 aromatic heterocycles. The van der Waals surface area contributed by atoms with Gasteiger partial charge in [0, 0.05) is 48.8 Å². The molecule has 0 fully saturated rings. The Morgan fingerprint density at radius 3 is 1.15 bits per heavy atom. The Morgan fingerprint density at radius 2 is 0.696 bits per heavy atom. The van der Waals surface area contributed by atoms with Crippen LogP contribution in [0.15, 0.2) is 176 Å². The normalized spacial score (nSPS) is 12.0. The zero-order valence-electron chi connectivity index (χ0n) is 25.0. The predicted octanol–water partition coefficient (Wildman–Crippen LogP) is 9.52. The van der Waals surface area contributed by atoms with E-state index in [0.717, 1.165) is 70.9 Å². The molecule has 0 aliphatic rings. The standard InChI is InChI=1S/C42H29N2OP/c45-46(32-18-8-3-9-19-32,33-24-26-41-37(28-33)35-20-10-12-22-39(35)43(41)30-14-4-1-5-15-30)34-25-27-42-38(29-34)36-21-11-13-23-40(36)44(42)31-16-6-2-7-17-31/h1-29H. The molecule has 0 aliphatic carbocycles. The Hall–Kier alpha value is -5.63. The van der Waals surface area contributed by atoms with Gasteiger partial charge in [0.25, 0.3) is 0 Å². The molecular weight excluding hydrogens is 579 g/mol. The summed E-state index contributed by atoms with van der Waals surface area (Å²) < 4.78 is 20.5. The van der Waals surface area contributed by atoms with Gasteiger partial charge in [0.2, 0.25) is 0 Å². The predicted molar refractivity (Wildman–Crippen MR) is 195 cm³/mol. The third-order valence-electron chi connectivity index (χ3n) is 9.19. The second-order valence-corrected chi connectivity index (χ2v) is 14.5. The fourth-order valence-corrected chi connectivity index (χ4v) is 9.79. The van der Waals surface area contributed by atoms with E-state index in [0.29, 0.717) is 0 Å². The molecule has 0 radical (unpaired) electrons. The Kier molecular flexibility index (Phi) is 6.09. The van der Waals surface area contributed by atoms with E-state index in [2.05, 4.69) is 143 Å². The first kappa shape index (κ1) is 26.7. The van der Waals surface area contributed by atoms with Crippen molar-refractivity contribution in [2.75, 3.05) is 0 Å². The molecule has 46 heavy (non-hydrogen) atoms. The number of aromatic nitrogens is 2. The maximum absolute atomic E-state index is 15.9. The third kappa shape index (κ3) is 3.96. The zero-order chi connectivity index (χ0) is 30.7. The van der Waals surface area contributed by atoms with E-state index in [1.54, 1.807) is 0 Å². The molecule has 7 aromatic carbocycles. The lowest BCUT2D eigenvalue weighted by Gasteiger charge is -2.21. The van der Waals surface area contributed by atoms with Crippen LogP contribution in [0.1, 0.15) is 0 Å². The van der Waals surface area contributed by atoms with Gasteiger partial charge in [-0.1, -0.05) is 103 Å². The summed E-state index contributed by atoms with van der Waals surface area (Å²) in [7, 11) is -3.29. The maximum Gasteiger partial charge on any atom is 0.171 e. The molecule has 9 rings (SSSR count). The topological polar surface area (TPSA) is 26.9 Å². The van der Waals surface area contributed by atoms with Gasteiger partial charge < -0.3 is 13.7 Å². The van der Waals surface area contributed by atoms with Crippen molar-refractivity contribution < 1.29 is 4.57 Å². The minimum Gasteiger partial charge on any atom is -0.309 e. The summed E-state index contributed by atoms with van der Waals surface area (Å²) in [5.41, 5.74) is 6.66. The molecule has 4 heteroatoms. The molecule has 0 N–H and O–H groups in total. The van der Waals surface area contributed by atoms with Gasteiger partial charge in [0.1, 0.15) is 0 Å². The van der Waals surface area contributed by atoms with Gasteiger partial charge in [-0.15, -0.1) is 0 Å². The highest BCUT2D eigenvalue weighted by molar-refractivity contribution is 7.85. The minimum atomic E-state index is -3.29. The second kappa shape index (κ2) is 10.5. The highest BCUT2D eigenvalue weighted by Crippen LogP contribution is 2.45. The van der Waals surface area contributed by atoms with Gasteiger partial charge >= 0.3 is 0 Å². The lowest BCUT2D eigenvalue weighted by atomic mass is 10.1. The van der Waals surface area contributed by atoms with E-state index >= 15 is 4.57 Å². The second-order valence-electron chi connectivity index (χ2n) is 11.7. The smallest absolute Gasteiger partial charge is 0.171 e. The van der Waals surface area contributed by atoms with Crippen molar-refractivity contribution in [2.45, 2.75) is 0 Å². The molecule has 0 amide bonds. The SMILES string of the molecule is O=P(c1ccccc1)(c1ccc2c(c1)c1ccccc1n2-c1ccccc1)c1ccc2c(c1)c1ccccc1n2-c1ccccc1. The molecule has 0 atom stereocenters. The molecule has 2 heterocycles. The summed E-state index contributed by atoms with van der Waals surface area (Å²) in [6.45, 7) is 0. The number of nitrogens with zero attached hydrogens (tertiary/aromatic N) is 2. The van der Waals surface area contributed by atoms with E-state index in [1.807, 2.05) is 42.5 Å². The van der Waals surface area contributed by atoms with Crippen molar-refractivity contribution in [1.29, 1.82) is 0 Å². The van der Waals surface area contributed by atoms with Crippen molar-refractivity contribution in [2.24, 2.45) is 0 Å². The summed E-state index contributed by atoms with van der Waals surface area (Å²) in [6.07, 6.45) is 0. The molecule has 218 valence electrons. The van der Waals surface area contributed by atoms with E-state index in [9.17, 15) is 0 Å². The summed E-state index contributed by atoms with van der Waals surface area (Å²) >= 11 is 0. The van der Waals surface area contributed by atoms with Crippen LogP contribution in [0.2, 0.25) is 0 Å². The number of hydrogen-bond donors (Lipinski definition) is 0. The third-order valence-corrected chi connectivity index (χ3v) is 12.2. The van der Waals surface area contributed by atoms with Crippen molar-refractivity contribution in [3.8, 4) is 11.4 Å². The minimum absolute atomic E-state index is 0.826. The fraction of sp³-hybridized carbons (Fsp3) is 0. The van der Waals surface area contributed by atoms with Gasteiger partial charge in [0.15, 0.2) is 7.14 Å². The average Bonchev–Trinajstić information content (AvgIpc) is 3.64. The monoisotopic (exact) mass is 608 g/mol. The Labute approximate surface area is 267 Å².